The van der Waals surface area contributed by atoms with Crippen LogP contribution in [0.4, 0.5) is 0 Å². The van der Waals surface area contributed by atoms with E-state index in [4.69, 9.17) is 16.3 Å². The van der Waals surface area contributed by atoms with Gasteiger partial charge in [-0.3, -0.25) is 0 Å². The fourth-order valence-corrected chi connectivity index (χ4v) is 2.16. The molecule has 0 aliphatic heterocycles. The molecular formula is C16H19BrClNO. The summed E-state index contributed by atoms with van der Waals surface area (Å²) in [5, 5.41) is 0.543. The molecule has 0 atom stereocenters. The van der Waals surface area contributed by atoms with E-state index >= 15 is 0 Å². The summed E-state index contributed by atoms with van der Waals surface area (Å²) >= 11 is 9.38. The second-order valence-corrected chi connectivity index (χ2v) is 5.17. The van der Waals surface area contributed by atoms with Crippen LogP contribution < -0.4 is 0 Å². The predicted molar refractivity (Wildman–Crippen MR) is 88.1 cm³/mol. The minimum absolute atomic E-state index is 0.543. The SMILES string of the molecule is CC.Clc1ncc(Br)cc1CCOCc1ccccc1. The zero-order chi connectivity index (χ0) is 14.8. The van der Waals surface area contributed by atoms with E-state index in [1.807, 2.05) is 50.2 Å². The summed E-state index contributed by atoms with van der Waals surface area (Å²) in [6, 6.07) is 12.1. The first-order chi connectivity index (χ1) is 9.75. The van der Waals surface area contributed by atoms with Gasteiger partial charge in [0.15, 0.2) is 0 Å². The molecule has 20 heavy (non-hydrogen) atoms. The van der Waals surface area contributed by atoms with E-state index in [9.17, 15) is 0 Å². The van der Waals surface area contributed by atoms with Crippen LogP contribution in [0.3, 0.4) is 0 Å². The fraction of sp³-hybridized carbons (Fsp3) is 0.312. The van der Waals surface area contributed by atoms with Gasteiger partial charge in [-0.2, -0.15) is 0 Å². The molecule has 1 heterocycles. The van der Waals surface area contributed by atoms with Crippen LogP contribution in [0.2, 0.25) is 5.15 Å². The van der Waals surface area contributed by atoms with Crippen LogP contribution in [0.15, 0.2) is 47.1 Å². The molecule has 1 aromatic carbocycles. The Kier molecular flexibility index (Phi) is 8.51. The number of rotatable bonds is 5. The van der Waals surface area contributed by atoms with Crippen LogP contribution in [0.5, 0.6) is 0 Å². The van der Waals surface area contributed by atoms with Crippen molar-refractivity contribution in [2.24, 2.45) is 0 Å². The molecule has 4 heteroatoms. The van der Waals surface area contributed by atoms with Gasteiger partial charge < -0.3 is 4.74 Å². The molecule has 0 aliphatic rings. The zero-order valence-corrected chi connectivity index (χ0v) is 14.1. The molecule has 0 saturated carbocycles. The average molecular weight is 357 g/mol. The minimum atomic E-state index is 0.543. The summed E-state index contributed by atoms with van der Waals surface area (Å²) in [5.41, 5.74) is 2.18. The lowest BCUT2D eigenvalue weighted by Crippen LogP contribution is -2.00. The predicted octanol–water partition coefficient (Wildman–Crippen LogP) is 5.28. The molecule has 2 aromatic rings. The molecule has 0 bridgehead atoms. The molecule has 108 valence electrons. The van der Waals surface area contributed by atoms with Crippen molar-refractivity contribution in [1.82, 2.24) is 4.98 Å². The monoisotopic (exact) mass is 355 g/mol. The summed E-state index contributed by atoms with van der Waals surface area (Å²) in [6.45, 7) is 5.26. The minimum Gasteiger partial charge on any atom is -0.376 e. The van der Waals surface area contributed by atoms with Gasteiger partial charge in [0.25, 0.3) is 0 Å². The Balaban J connectivity index is 0.000000956. The molecule has 0 aliphatic carbocycles. The maximum atomic E-state index is 6.00. The third kappa shape index (κ3) is 6.04. The Hall–Kier alpha value is -0.900. The van der Waals surface area contributed by atoms with E-state index in [1.165, 1.54) is 5.56 Å². The van der Waals surface area contributed by atoms with Crippen LogP contribution in [-0.2, 0) is 17.8 Å². The summed E-state index contributed by atoms with van der Waals surface area (Å²) < 4.78 is 6.55. The molecule has 0 unspecified atom stereocenters. The van der Waals surface area contributed by atoms with Gasteiger partial charge >= 0.3 is 0 Å². The van der Waals surface area contributed by atoms with Crippen molar-refractivity contribution < 1.29 is 4.74 Å². The van der Waals surface area contributed by atoms with Crippen molar-refractivity contribution in [1.29, 1.82) is 0 Å². The van der Waals surface area contributed by atoms with Crippen molar-refractivity contribution in [3.63, 3.8) is 0 Å². The van der Waals surface area contributed by atoms with E-state index in [0.717, 1.165) is 16.5 Å². The van der Waals surface area contributed by atoms with Crippen LogP contribution in [0.1, 0.15) is 25.0 Å². The Morgan fingerprint density at radius 1 is 1.20 bits per heavy atom. The van der Waals surface area contributed by atoms with Gasteiger partial charge in [-0.15, -0.1) is 0 Å². The highest BCUT2D eigenvalue weighted by atomic mass is 79.9. The van der Waals surface area contributed by atoms with Gasteiger partial charge in [0.2, 0.25) is 0 Å². The van der Waals surface area contributed by atoms with Crippen molar-refractivity contribution in [3.8, 4) is 0 Å². The Labute approximate surface area is 134 Å². The van der Waals surface area contributed by atoms with Gasteiger partial charge in [0.1, 0.15) is 5.15 Å². The largest absolute Gasteiger partial charge is 0.376 e. The summed E-state index contributed by atoms with van der Waals surface area (Å²) in [7, 11) is 0. The molecule has 0 radical (unpaired) electrons. The first kappa shape index (κ1) is 17.2. The quantitative estimate of drug-likeness (QED) is 0.537. The lowest BCUT2D eigenvalue weighted by Gasteiger charge is -2.06. The van der Waals surface area contributed by atoms with Gasteiger partial charge in [0, 0.05) is 10.7 Å². The molecule has 0 fully saturated rings. The van der Waals surface area contributed by atoms with Crippen LogP contribution in [0, 0.1) is 0 Å². The number of halogens is 2. The van der Waals surface area contributed by atoms with Crippen molar-refractivity contribution >= 4 is 27.5 Å². The number of benzene rings is 1. The van der Waals surface area contributed by atoms with E-state index in [-0.39, 0.29) is 0 Å². The zero-order valence-electron chi connectivity index (χ0n) is 11.8. The van der Waals surface area contributed by atoms with Crippen molar-refractivity contribution in [3.05, 3.63) is 63.3 Å². The number of hydrogen-bond acceptors (Lipinski definition) is 2. The van der Waals surface area contributed by atoms with E-state index in [1.54, 1.807) is 6.20 Å². The summed E-state index contributed by atoms with van der Waals surface area (Å²) in [6.07, 6.45) is 2.45. The third-order valence-electron chi connectivity index (χ3n) is 2.51. The third-order valence-corrected chi connectivity index (χ3v) is 3.28. The fourth-order valence-electron chi connectivity index (χ4n) is 1.59. The molecule has 0 saturated heterocycles. The number of hydrogen-bond donors (Lipinski definition) is 0. The Bertz CT molecular complexity index is 505. The van der Waals surface area contributed by atoms with Gasteiger partial charge in [0.05, 0.1) is 13.2 Å². The van der Waals surface area contributed by atoms with E-state index < -0.39 is 0 Å². The molecule has 2 nitrogen and oxygen atoms in total. The van der Waals surface area contributed by atoms with E-state index in [2.05, 4.69) is 20.9 Å². The van der Waals surface area contributed by atoms with Gasteiger partial charge in [-0.25, -0.2) is 4.98 Å². The highest BCUT2D eigenvalue weighted by Gasteiger charge is 2.02. The highest BCUT2D eigenvalue weighted by molar-refractivity contribution is 9.10. The summed E-state index contributed by atoms with van der Waals surface area (Å²) in [4.78, 5) is 4.08. The molecule has 1 aromatic heterocycles. The Morgan fingerprint density at radius 3 is 2.60 bits per heavy atom. The van der Waals surface area contributed by atoms with Gasteiger partial charge in [-0.05, 0) is 39.5 Å². The second-order valence-electron chi connectivity index (χ2n) is 3.89. The van der Waals surface area contributed by atoms with Crippen LogP contribution in [0.25, 0.3) is 0 Å². The summed E-state index contributed by atoms with van der Waals surface area (Å²) in [5.74, 6) is 0. The maximum absolute atomic E-state index is 6.00. The van der Waals surface area contributed by atoms with E-state index in [0.29, 0.717) is 18.4 Å². The smallest absolute Gasteiger partial charge is 0.132 e. The molecule has 0 spiro atoms. The van der Waals surface area contributed by atoms with Gasteiger partial charge in [-0.1, -0.05) is 55.8 Å². The molecular weight excluding hydrogens is 338 g/mol. The average Bonchev–Trinajstić information content (AvgIpc) is 2.50. The van der Waals surface area contributed by atoms with Crippen LogP contribution >= 0.6 is 27.5 Å². The highest BCUT2D eigenvalue weighted by Crippen LogP contribution is 2.18. The molecule has 0 N–H and O–H groups in total. The normalized spacial score (nSPS) is 9.80. The standard InChI is InChI=1S/C14H13BrClNO.C2H6/c15-13-8-12(14(16)17-9-13)6-7-18-10-11-4-2-1-3-5-11;1-2/h1-5,8-9H,6-7,10H2;1-2H3. The second kappa shape index (κ2) is 9.92. The van der Waals surface area contributed by atoms with Crippen LogP contribution in [-0.4, -0.2) is 11.6 Å². The van der Waals surface area contributed by atoms with Crippen molar-refractivity contribution in [2.75, 3.05) is 6.61 Å². The lowest BCUT2D eigenvalue weighted by molar-refractivity contribution is 0.124. The number of aromatic nitrogens is 1. The lowest BCUT2D eigenvalue weighted by atomic mass is 10.2. The Morgan fingerprint density at radius 2 is 1.90 bits per heavy atom. The maximum Gasteiger partial charge on any atom is 0.132 e. The number of pyridine rings is 1. The molecule has 2 rings (SSSR count). The first-order valence-corrected chi connectivity index (χ1v) is 7.84. The number of nitrogens with zero attached hydrogens (tertiary/aromatic N) is 1. The first-order valence-electron chi connectivity index (χ1n) is 6.67. The topological polar surface area (TPSA) is 22.1 Å². The number of ether oxygens (including phenoxy) is 1. The van der Waals surface area contributed by atoms with Crippen molar-refractivity contribution in [2.45, 2.75) is 26.9 Å². The molecule has 0 amide bonds.